The summed E-state index contributed by atoms with van der Waals surface area (Å²) in [6.07, 6.45) is 1.72. The van der Waals surface area contributed by atoms with Crippen molar-refractivity contribution in [3.63, 3.8) is 0 Å². The molecule has 8 heteroatoms. The monoisotopic (exact) mass is 375 g/mol. The first kappa shape index (κ1) is 21.9. The first-order valence-electron chi connectivity index (χ1n) is 8.54. The minimum atomic E-state index is -1.19. The number of hydrogen-bond acceptors (Lipinski definition) is 5. The van der Waals surface area contributed by atoms with Crippen molar-refractivity contribution in [2.75, 3.05) is 0 Å². The van der Waals surface area contributed by atoms with Crippen LogP contribution < -0.4 is 16.0 Å². The second-order valence-electron chi connectivity index (χ2n) is 6.17. The molecular weight excluding hydrogens is 350 g/mol. The van der Waals surface area contributed by atoms with Crippen LogP contribution in [-0.4, -0.2) is 42.0 Å². The van der Waals surface area contributed by atoms with E-state index < -0.39 is 36.0 Å². The number of urea groups is 1. The molecule has 0 fully saturated rings. The topological polar surface area (TPSA) is 114 Å². The largest absolute Gasteiger partial charge is 0.451 e. The Morgan fingerprint density at radius 1 is 0.963 bits per heavy atom. The molecule has 0 unspecified atom stereocenters. The van der Waals surface area contributed by atoms with E-state index in [0.717, 1.165) is 5.56 Å². The Balaban J connectivity index is 2.46. The van der Waals surface area contributed by atoms with Crippen LogP contribution >= 0.6 is 0 Å². The Hall–Kier alpha value is -3.16. The van der Waals surface area contributed by atoms with Gasteiger partial charge in [0.1, 0.15) is 6.04 Å². The summed E-state index contributed by atoms with van der Waals surface area (Å²) in [5.41, 5.74) is 0.841. The molecule has 27 heavy (non-hydrogen) atoms. The number of rotatable bonds is 7. The Bertz CT molecular complexity index is 701. The van der Waals surface area contributed by atoms with Gasteiger partial charge in [0.2, 0.25) is 5.91 Å². The highest BCUT2D eigenvalue weighted by molar-refractivity contribution is 5.98. The van der Waals surface area contributed by atoms with E-state index in [1.54, 1.807) is 19.9 Å². The molecule has 1 aromatic rings. The van der Waals surface area contributed by atoms with Crippen molar-refractivity contribution in [1.82, 2.24) is 16.0 Å². The molecule has 0 saturated carbocycles. The van der Waals surface area contributed by atoms with Gasteiger partial charge in [-0.05, 0) is 39.3 Å². The average molecular weight is 375 g/mol. The molecule has 0 bridgehead atoms. The minimum absolute atomic E-state index is 0.144. The van der Waals surface area contributed by atoms with Gasteiger partial charge in [0, 0.05) is 12.1 Å². The van der Waals surface area contributed by atoms with Crippen molar-refractivity contribution in [2.45, 2.75) is 45.9 Å². The maximum atomic E-state index is 12.0. The van der Waals surface area contributed by atoms with E-state index in [2.05, 4.69) is 16.0 Å². The Kier molecular flexibility index (Phi) is 8.71. The zero-order valence-electron chi connectivity index (χ0n) is 15.8. The first-order chi connectivity index (χ1) is 12.7. The molecule has 146 valence electrons. The lowest BCUT2D eigenvalue weighted by molar-refractivity contribution is -0.156. The predicted octanol–water partition coefficient (Wildman–Crippen LogP) is 1.37. The smallest absolute Gasteiger partial charge is 0.329 e. The highest BCUT2D eigenvalue weighted by Crippen LogP contribution is 2.01. The summed E-state index contributed by atoms with van der Waals surface area (Å²) >= 11 is 0. The van der Waals surface area contributed by atoms with Gasteiger partial charge in [0.15, 0.2) is 6.10 Å². The summed E-state index contributed by atoms with van der Waals surface area (Å²) in [6, 6.07) is 7.42. The van der Waals surface area contributed by atoms with Crippen molar-refractivity contribution < 1.29 is 23.9 Å². The van der Waals surface area contributed by atoms with Crippen LogP contribution in [0, 0.1) is 0 Å². The van der Waals surface area contributed by atoms with E-state index in [4.69, 9.17) is 4.74 Å². The standard InChI is InChI=1S/C19H25N3O5/c1-12(2)20-19(26)22-17(24)14(4)27-18(25)13(3)21-16(23)11-10-15-8-6-5-7-9-15/h5-14H,1-4H3,(H,21,23)(H2,20,22,24,26)/b11-10+/t13-,14-/m0/s1. The molecule has 0 spiro atoms. The second-order valence-corrected chi connectivity index (χ2v) is 6.17. The van der Waals surface area contributed by atoms with Crippen molar-refractivity contribution in [2.24, 2.45) is 0 Å². The van der Waals surface area contributed by atoms with E-state index in [0.29, 0.717) is 0 Å². The Morgan fingerprint density at radius 3 is 2.19 bits per heavy atom. The number of ether oxygens (including phenoxy) is 1. The van der Waals surface area contributed by atoms with Crippen LogP contribution in [-0.2, 0) is 19.1 Å². The minimum Gasteiger partial charge on any atom is -0.451 e. The molecule has 8 nitrogen and oxygen atoms in total. The van der Waals surface area contributed by atoms with Crippen LogP contribution in [0.4, 0.5) is 4.79 Å². The number of amides is 4. The SMILES string of the molecule is CC(C)NC(=O)NC(=O)[C@H](C)OC(=O)[C@H](C)NC(=O)/C=C/c1ccccc1. The average Bonchev–Trinajstić information content (AvgIpc) is 2.59. The highest BCUT2D eigenvalue weighted by Gasteiger charge is 2.24. The maximum Gasteiger partial charge on any atom is 0.329 e. The van der Waals surface area contributed by atoms with Crippen LogP contribution in [0.15, 0.2) is 36.4 Å². The zero-order valence-corrected chi connectivity index (χ0v) is 15.8. The molecule has 0 aliphatic rings. The molecule has 0 saturated heterocycles. The van der Waals surface area contributed by atoms with E-state index in [-0.39, 0.29) is 6.04 Å². The summed E-state index contributed by atoms with van der Waals surface area (Å²) in [5, 5.41) is 7.00. The molecular formula is C19H25N3O5. The quantitative estimate of drug-likeness (QED) is 0.492. The van der Waals surface area contributed by atoms with E-state index in [1.165, 1.54) is 19.9 Å². The van der Waals surface area contributed by atoms with Crippen LogP contribution in [0.3, 0.4) is 0 Å². The van der Waals surface area contributed by atoms with Crippen molar-refractivity contribution in [3.05, 3.63) is 42.0 Å². The fourth-order valence-corrected chi connectivity index (χ4v) is 1.90. The fraction of sp³-hybridized carbons (Fsp3) is 0.368. The fourth-order valence-electron chi connectivity index (χ4n) is 1.90. The van der Waals surface area contributed by atoms with Gasteiger partial charge in [-0.25, -0.2) is 9.59 Å². The lowest BCUT2D eigenvalue weighted by atomic mass is 10.2. The molecule has 4 amide bonds. The molecule has 3 N–H and O–H groups in total. The number of imide groups is 1. The summed E-state index contributed by atoms with van der Waals surface area (Å²) in [5.74, 6) is -2.02. The lowest BCUT2D eigenvalue weighted by Gasteiger charge is -2.17. The third-order valence-electron chi connectivity index (χ3n) is 3.26. The molecule has 1 rings (SSSR count). The molecule has 0 aliphatic heterocycles. The molecule has 0 aromatic heterocycles. The van der Waals surface area contributed by atoms with Gasteiger partial charge in [-0.3, -0.25) is 14.9 Å². The molecule has 0 aliphatic carbocycles. The number of carbonyl (C=O) groups is 4. The van der Waals surface area contributed by atoms with Crippen LogP contribution in [0.5, 0.6) is 0 Å². The number of nitrogens with one attached hydrogen (secondary N) is 3. The Morgan fingerprint density at radius 2 is 1.59 bits per heavy atom. The Labute approximate surface area is 158 Å². The van der Waals surface area contributed by atoms with Gasteiger partial charge >= 0.3 is 12.0 Å². The molecule has 0 radical (unpaired) electrons. The van der Waals surface area contributed by atoms with Gasteiger partial charge in [-0.2, -0.15) is 0 Å². The van der Waals surface area contributed by atoms with E-state index in [1.807, 2.05) is 30.3 Å². The number of carbonyl (C=O) groups excluding carboxylic acids is 4. The summed E-state index contributed by atoms with van der Waals surface area (Å²) in [6.45, 7) is 6.25. The van der Waals surface area contributed by atoms with Crippen LogP contribution in [0.1, 0.15) is 33.3 Å². The van der Waals surface area contributed by atoms with Gasteiger partial charge in [0.05, 0.1) is 0 Å². The molecule has 0 heterocycles. The van der Waals surface area contributed by atoms with Gasteiger partial charge in [-0.1, -0.05) is 30.3 Å². The summed E-state index contributed by atoms with van der Waals surface area (Å²) in [4.78, 5) is 47.2. The van der Waals surface area contributed by atoms with Crippen molar-refractivity contribution in [1.29, 1.82) is 0 Å². The van der Waals surface area contributed by atoms with Gasteiger partial charge in [-0.15, -0.1) is 0 Å². The van der Waals surface area contributed by atoms with Crippen LogP contribution in [0.25, 0.3) is 6.08 Å². The van der Waals surface area contributed by atoms with E-state index >= 15 is 0 Å². The van der Waals surface area contributed by atoms with Crippen molar-refractivity contribution in [3.8, 4) is 0 Å². The number of hydrogen-bond donors (Lipinski definition) is 3. The third kappa shape index (κ3) is 8.66. The summed E-state index contributed by atoms with van der Waals surface area (Å²) < 4.78 is 4.97. The van der Waals surface area contributed by atoms with Crippen LogP contribution in [0.2, 0.25) is 0 Å². The summed E-state index contributed by atoms with van der Waals surface area (Å²) in [7, 11) is 0. The predicted molar refractivity (Wildman–Crippen MR) is 100 cm³/mol. The first-order valence-corrected chi connectivity index (χ1v) is 8.54. The molecule has 1 aromatic carbocycles. The van der Waals surface area contributed by atoms with Crippen molar-refractivity contribution >= 4 is 29.9 Å². The van der Waals surface area contributed by atoms with Gasteiger partial charge < -0.3 is 15.4 Å². The lowest BCUT2D eigenvalue weighted by Crippen LogP contribution is -2.48. The second kappa shape index (κ2) is 10.7. The van der Waals surface area contributed by atoms with Gasteiger partial charge in [0.25, 0.3) is 5.91 Å². The third-order valence-corrected chi connectivity index (χ3v) is 3.26. The molecule has 2 atom stereocenters. The normalized spacial score (nSPS) is 12.9. The highest BCUT2D eigenvalue weighted by atomic mass is 16.5. The number of benzene rings is 1. The van der Waals surface area contributed by atoms with E-state index in [9.17, 15) is 19.2 Å². The zero-order chi connectivity index (χ0) is 20.4. The number of esters is 1. The maximum absolute atomic E-state index is 12.0.